The maximum atomic E-state index is 12.2. The van der Waals surface area contributed by atoms with Gasteiger partial charge in [-0.25, -0.2) is 0 Å². The SMILES string of the molecule is CC(C)c1ccc(C(=O)NC2CCCCC2C)cc1. The first-order valence-electron chi connectivity index (χ1n) is 7.48. The van der Waals surface area contributed by atoms with Crippen LogP contribution in [-0.2, 0) is 0 Å². The molecule has 0 aromatic heterocycles. The minimum atomic E-state index is 0.0778. The summed E-state index contributed by atoms with van der Waals surface area (Å²) in [7, 11) is 0. The van der Waals surface area contributed by atoms with Gasteiger partial charge in [0, 0.05) is 11.6 Å². The predicted octanol–water partition coefficient (Wildman–Crippen LogP) is 4.12. The van der Waals surface area contributed by atoms with Crippen LogP contribution in [0.4, 0.5) is 0 Å². The Morgan fingerprint density at radius 3 is 2.37 bits per heavy atom. The van der Waals surface area contributed by atoms with E-state index in [4.69, 9.17) is 0 Å². The highest BCUT2D eigenvalue weighted by atomic mass is 16.1. The molecule has 19 heavy (non-hydrogen) atoms. The summed E-state index contributed by atoms with van der Waals surface area (Å²) in [4.78, 5) is 12.2. The quantitative estimate of drug-likeness (QED) is 0.869. The van der Waals surface area contributed by atoms with E-state index in [0.29, 0.717) is 17.9 Å². The fourth-order valence-corrected chi connectivity index (χ4v) is 2.80. The lowest BCUT2D eigenvalue weighted by Gasteiger charge is -2.29. The third-order valence-corrected chi connectivity index (χ3v) is 4.27. The van der Waals surface area contributed by atoms with Crippen LogP contribution in [0.5, 0.6) is 0 Å². The van der Waals surface area contributed by atoms with Gasteiger partial charge >= 0.3 is 0 Å². The van der Waals surface area contributed by atoms with E-state index in [1.165, 1.54) is 24.8 Å². The number of hydrogen-bond acceptors (Lipinski definition) is 1. The Hall–Kier alpha value is -1.31. The smallest absolute Gasteiger partial charge is 0.251 e. The van der Waals surface area contributed by atoms with Crippen LogP contribution >= 0.6 is 0 Å². The first kappa shape index (κ1) is 14.1. The standard InChI is InChI=1S/C17H25NO/c1-12(2)14-8-10-15(11-9-14)17(19)18-16-7-5-4-6-13(16)3/h8-13,16H,4-7H2,1-3H3,(H,18,19). The highest BCUT2D eigenvalue weighted by Crippen LogP contribution is 2.24. The average molecular weight is 259 g/mol. The molecule has 1 N–H and O–H groups in total. The molecule has 1 aromatic rings. The van der Waals surface area contributed by atoms with Crippen molar-refractivity contribution in [2.75, 3.05) is 0 Å². The second kappa shape index (κ2) is 6.23. The number of carbonyl (C=O) groups excluding carboxylic acids is 1. The highest BCUT2D eigenvalue weighted by molar-refractivity contribution is 5.94. The molecule has 2 unspecified atom stereocenters. The van der Waals surface area contributed by atoms with E-state index in [0.717, 1.165) is 12.0 Å². The van der Waals surface area contributed by atoms with E-state index in [9.17, 15) is 4.79 Å². The topological polar surface area (TPSA) is 29.1 Å². The number of rotatable bonds is 3. The fourth-order valence-electron chi connectivity index (χ4n) is 2.80. The van der Waals surface area contributed by atoms with Crippen molar-refractivity contribution in [3.05, 3.63) is 35.4 Å². The van der Waals surface area contributed by atoms with Crippen LogP contribution < -0.4 is 5.32 Å². The Kier molecular flexibility index (Phi) is 4.62. The van der Waals surface area contributed by atoms with Gasteiger partial charge in [-0.3, -0.25) is 4.79 Å². The minimum absolute atomic E-state index is 0.0778. The molecule has 1 amide bonds. The summed E-state index contributed by atoms with van der Waals surface area (Å²) in [5, 5.41) is 3.19. The molecular weight excluding hydrogens is 234 g/mol. The van der Waals surface area contributed by atoms with Crippen molar-refractivity contribution >= 4 is 5.91 Å². The summed E-state index contributed by atoms with van der Waals surface area (Å²) >= 11 is 0. The maximum Gasteiger partial charge on any atom is 0.251 e. The van der Waals surface area contributed by atoms with Gasteiger partial charge in [0.25, 0.3) is 5.91 Å². The second-order valence-electron chi connectivity index (χ2n) is 6.12. The van der Waals surface area contributed by atoms with Crippen molar-refractivity contribution in [1.82, 2.24) is 5.32 Å². The molecular formula is C17H25NO. The van der Waals surface area contributed by atoms with E-state index in [2.05, 4.69) is 38.2 Å². The summed E-state index contributed by atoms with van der Waals surface area (Å²) < 4.78 is 0. The highest BCUT2D eigenvalue weighted by Gasteiger charge is 2.23. The number of amides is 1. The van der Waals surface area contributed by atoms with Gasteiger partial charge in [-0.05, 0) is 42.4 Å². The zero-order valence-corrected chi connectivity index (χ0v) is 12.3. The van der Waals surface area contributed by atoms with Crippen molar-refractivity contribution < 1.29 is 4.79 Å². The monoisotopic (exact) mass is 259 g/mol. The lowest BCUT2D eigenvalue weighted by molar-refractivity contribution is 0.0910. The maximum absolute atomic E-state index is 12.2. The molecule has 2 nitrogen and oxygen atoms in total. The van der Waals surface area contributed by atoms with Crippen LogP contribution in [0.15, 0.2) is 24.3 Å². The molecule has 2 rings (SSSR count). The van der Waals surface area contributed by atoms with Gasteiger partial charge in [0.2, 0.25) is 0 Å². The van der Waals surface area contributed by atoms with E-state index >= 15 is 0 Å². The third-order valence-electron chi connectivity index (χ3n) is 4.27. The van der Waals surface area contributed by atoms with E-state index in [1.54, 1.807) is 0 Å². The Balaban J connectivity index is 1.99. The summed E-state index contributed by atoms with van der Waals surface area (Å²) in [5.41, 5.74) is 2.06. The Morgan fingerprint density at radius 2 is 1.79 bits per heavy atom. The molecule has 2 atom stereocenters. The molecule has 0 radical (unpaired) electrons. The third kappa shape index (κ3) is 3.59. The van der Waals surface area contributed by atoms with Gasteiger partial charge in [-0.15, -0.1) is 0 Å². The molecule has 0 spiro atoms. The van der Waals surface area contributed by atoms with Crippen molar-refractivity contribution in [2.24, 2.45) is 5.92 Å². The molecule has 1 saturated carbocycles. The van der Waals surface area contributed by atoms with E-state index in [1.807, 2.05) is 12.1 Å². The number of benzene rings is 1. The van der Waals surface area contributed by atoms with Crippen LogP contribution in [0.1, 0.15) is 68.3 Å². The second-order valence-corrected chi connectivity index (χ2v) is 6.12. The molecule has 0 saturated heterocycles. The molecule has 0 aliphatic heterocycles. The molecule has 104 valence electrons. The Bertz CT molecular complexity index is 421. The molecule has 1 aliphatic carbocycles. The number of hydrogen-bond donors (Lipinski definition) is 1. The van der Waals surface area contributed by atoms with Gasteiger partial charge < -0.3 is 5.32 Å². The van der Waals surface area contributed by atoms with Crippen LogP contribution in [0.3, 0.4) is 0 Å². The lowest BCUT2D eigenvalue weighted by Crippen LogP contribution is -2.41. The zero-order chi connectivity index (χ0) is 13.8. The summed E-state index contributed by atoms with van der Waals surface area (Å²) in [5.74, 6) is 1.19. The first-order chi connectivity index (χ1) is 9.08. The molecule has 1 aliphatic rings. The van der Waals surface area contributed by atoms with Crippen LogP contribution in [0.25, 0.3) is 0 Å². The molecule has 0 heterocycles. The van der Waals surface area contributed by atoms with E-state index in [-0.39, 0.29) is 5.91 Å². The molecule has 1 aromatic carbocycles. The molecule has 1 fully saturated rings. The van der Waals surface area contributed by atoms with Crippen LogP contribution in [0.2, 0.25) is 0 Å². The normalized spacial score (nSPS) is 23.4. The zero-order valence-electron chi connectivity index (χ0n) is 12.3. The molecule has 2 heteroatoms. The fraction of sp³-hybridized carbons (Fsp3) is 0.588. The number of nitrogens with one attached hydrogen (secondary N) is 1. The van der Waals surface area contributed by atoms with Gasteiger partial charge in [0.15, 0.2) is 0 Å². The van der Waals surface area contributed by atoms with Crippen molar-refractivity contribution in [3.8, 4) is 0 Å². The van der Waals surface area contributed by atoms with Crippen molar-refractivity contribution in [3.63, 3.8) is 0 Å². The van der Waals surface area contributed by atoms with Crippen molar-refractivity contribution in [1.29, 1.82) is 0 Å². The van der Waals surface area contributed by atoms with Crippen molar-refractivity contribution in [2.45, 2.75) is 58.4 Å². The summed E-state index contributed by atoms with van der Waals surface area (Å²) in [6.45, 7) is 6.57. The summed E-state index contributed by atoms with van der Waals surface area (Å²) in [6, 6.07) is 8.36. The largest absolute Gasteiger partial charge is 0.349 e. The van der Waals surface area contributed by atoms with Gasteiger partial charge in [0.1, 0.15) is 0 Å². The number of carbonyl (C=O) groups is 1. The molecule has 0 bridgehead atoms. The van der Waals surface area contributed by atoms with Gasteiger partial charge in [0.05, 0.1) is 0 Å². The average Bonchev–Trinajstić information content (AvgIpc) is 2.41. The van der Waals surface area contributed by atoms with Gasteiger partial charge in [-0.1, -0.05) is 45.7 Å². The lowest BCUT2D eigenvalue weighted by atomic mass is 9.86. The van der Waals surface area contributed by atoms with E-state index < -0.39 is 0 Å². The Labute approximate surface area is 116 Å². The summed E-state index contributed by atoms with van der Waals surface area (Å²) in [6.07, 6.45) is 4.90. The Morgan fingerprint density at radius 1 is 1.16 bits per heavy atom. The van der Waals surface area contributed by atoms with Gasteiger partial charge in [-0.2, -0.15) is 0 Å². The predicted molar refractivity (Wildman–Crippen MR) is 79.4 cm³/mol. The van der Waals surface area contributed by atoms with Crippen LogP contribution in [-0.4, -0.2) is 11.9 Å². The minimum Gasteiger partial charge on any atom is -0.349 e. The van der Waals surface area contributed by atoms with Crippen LogP contribution in [0, 0.1) is 5.92 Å². The first-order valence-corrected chi connectivity index (χ1v) is 7.48.